The number of nitrogens with one attached hydrogen (secondary N) is 2. The number of hydrazone groups is 1. The fourth-order valence-corrected chi connectivity index (χ4v) is 1.51. The van der Waals surface area contributed by atoms with Crippen molar-refractivity contribution in [2.75, 3.05) is 0 Å². The number of thiocarbonyl (C=S) groups is 1. The van der Waals surface area contributed by atoms with Gasteiger partial charge in [0.2, 0.25) is 0 Å². The smallest absolute Gasteiger partial charge is 0.359 e. The van der Waals surface area contributed by atoms with E-state index in [1.54, 1.807) is 0 Å². The molecule has 0 saturated carbocycles. The molecule has 1 aromatic rings. The van der Waals surface area contributed by atoms with Gasteiger partial charge in [-0.05, 0) is 43.8 Å². The lowest BCUT2D eigenvalue weighted by Gasteiger charge is -2.09. The van der Waals surface area contributed by atoms with Gasteiger partial charge in [-0.1, -0.05) is 12.1 Å². The molecular formula is C12H14F3N3S. The summed E-state index contributed by atoms with van der Waals surface area (Å²) in [6.07, 6.45) is -2.93. The molecule has 0 unspecified atom stereocenters. The average molecular weight is 289 g/mol. The molecule has 19 heavy (non-hydrogen) atoms. The van der Waals surface area contributed by atoms with Gasteiger partial charge in [0.05, 0.1) is 11.8 Å². The van der Waals surface area contributed by atoms with Crippen molar-refractivity contribution in [2.24, 2.45) is 5.10 Å². The topological polar surface area (TPSA) is 36.4 Å². The molecule has 0 aliphatic carbocycles. The van der Waals surface area contributed by atoms with Crippen molar-refractivity contribution in [2.45, 2.75) is 26.1 Å². The number of alkyl halides is 3. The van der Waals surface area contributed by atoms with Crippen LogP contribution in [0.1, 0.15) is 25.0 Å². The van der Waals surface area contributed by atoms with Gasteiger partial charge in [-0.15, -0.1) is 0 Å². The maximum Gasteiger partial charge on any atom is 0.416 e. The summed E-state index contributed by atoms with van der Waals surface area (Å²) in [6, 6.07) is 4.87. The van der Waals surface area contributed by atoms with Gasteiger partial charge < -0.3 is 5.32 Å². The van der Waals surface area contributed by atoms with E-state index in [1.807, 2.05) is 13.8 Å². The van der Waals surface area contributed by atoms with E-state index < -0.39 is 11.7 Å². The predicted molar refractivity (Wildman–Crippen MR) is 73.0 cm³/mol. The molecule has 0 radical (unpaired) electrons. The standard InChI is InChI=1S/C12H14F3N3S/c1-8(2)17-11(19)18-16-7-9-3-5-10(6-4-9)12(13,14)15/h3-8H,1-2H3,(H2,17,18,19). The molecular weight excluding hydrogens is 275 g/mol. The van der Waals surface area contributed by atoms with Crippen molar-refractivity contribution in [3.8, 4) is 0 Å². The molecule has 3 nitrogen and oxygen atoms in total. The first kappa shape index (κ1) is 15.4. The second kappa shape index (κ2) is 6.51. The highest BCUT2D eigenvalue weighted by atomic mass is 32.1. The summed E-state index contributed by atoms with van der Waals surface area (Å²) in [5.41, 5.74) is 2.44. The summed E-state index contributed by atoms with van der Waals surface area (Å²) in [5, 5.41) is 7.10. The zero-order valence-electron chi connectivity index (χ0n) is 10.5. The first-order valence-electron chi connectivity index (χ1n) is 5.56. The molecule has 0 saturated heterocycles. The lowest BCUT2D eigenvalue weighted by atomic mass is 10.1. The Bertz CT molecular complexity index is 452. The van der Waals surface area contributed by atoms with Crippen LogP contribution in [-0.4, -0.2) is 17.4 Å². The fraction of sp³-hybridized carbons (Fsp3) is 0.333. The molecule has 0 amide bonds. The minimum atomic E-state index is -4.32. The summed E-state index contributed by atoms with van der Waals surface area (Å²) in [7, 11) is 0. The highest BCUT2D eigenvalue weighted by Crippen LogP contribution is 2.28. The molecule has 0 aromatic heterocycles. The van der Waals surface area contributed by atoms with Crippen LogP contribution >= 0.6 is 12.2 Å². The molecule has 7 heteroatoms. The van der Waals surface area contributed by atoms with E-state index in [1.165, 1.54) is 18.3 Å². The van der Waals surface area contributed by atoms with Gasteiger partial charge in [-0.25, -0.2) is 0 Å². The maximum absolute atomic E-state index is 12.3. The van der Waals surface area contributed by atoms with Crippen LogP contribution < -0.4 is 10.7 Å². The van der Waals surface area contributed by atoms with Crippen molar-refractivity contribution in [1.82, 2.24) is 10.7 Å². The number of hydrogen-bond donors (Lipinski definition) is 2. The Kier molecular flexibility index (Phi) is 5.29. The molecule has 0 atom stereocenters. The number of halogens is 3. The minimum Gasteiger partial charge on any atom is -0.359 e. The second-order valence-electron chi connectivity index (χ2n) is 4.12. The third-order valence-corrected chi connectivity index (χ3v) is 2.25. The molecule has 0 aliphatic rings. The Labute approximate surface area is 114 Å². The van der Waals surface area contributed by atoms with E-state index in [0.717, 1.165) is 12.1 Å². The highest BCUT2D eigenvalue weighted by Gasteiger charge is 2.29. The Balaban J connectivity index is 2.56. The van der Waals surface area contributed by atoms with Crippen molar-refractivity contribution >= 4 is 23.5 Å². The first-order valence-corrected chi connectivity index (χ1v) is 5.96. The average Bonchev–Trinajstić information content (AvgIpc) is 2.27. The van der Waals surface area contributed by atoms with E-state index in [0.29, 0.717) is 10.7 Å². The van der Waals surface area contributed by atoms with E-state index in [4.69, 9.17) is 12.2 Å². The van der Waals surface area contributed by atoms with Crippen molar-refractivity contribution in [3.63, 3.8) is 0 Å². The highest BCUT2D eigenvalue weighted by molar-refractivity contribution is 7.80. The molecule has 0 bridgehead atoms. The van der Waals surface area contributed by atoms with E-state index in [2.05, 4.69) is 15.8 Å². The molecule has 0 heterocycles. The van der Waals surface area contributed by atoms with Gasteiger partial charge in [0, 0.05) is 6.04 Å². The largest absolute Gasteiger partial charge is 0.416 e. The molecule has 1 rings (SSSR count). The van der Waals surface area contributed by atoms with Crippen LogP contribution in [0.3, 0.4) is 0 Å². The van der Waals surface area contributed by atoms with Crippen LogP contribution in [0.4, 0.5) is 13.2 Å². The van der Waals surface area contributed by atoms with E-state index in [-0.39, 0.29) is 6.04 Å². The predicted octanol–water partition coefficient (Wildman–Crippen LogP) is 2.91. The van der Waals surface area contributed by atoms with Crippen molar-refractivity contribution < 1.29 is 13.2 Å². The van der Waals surface area contributed by atoms with E-state index >= 15 is 0 Å². The number of hydrogen-bond acceptors (Lipinski definition) is 2. The number of benzene rings is 1. The number of nitrogens with zero attached hydrogens (tertiary/aromatic N) is 1. The van der Waals surface area contributed by atoms with Gasteiger partial charge in [0.25, 0.3) is 0 Å². The van der Waals surface area contributed by atoms with Crippen molar-refractivity contribution in [1.29, 1.82) is 0 Å². The Morgan fingerprint density at radius 2 is 1.84 bits per heavy atom. The lowest BCUT2D eigenvalue weighted by molar-refractivity contribution is -0.137. The SMILES string of the molecule is CC(C)NC(=S)NN=Cc1ccc(C(F)(F)F)cc1. The van der Waals surface area contributed by atoms with Crippen LogP contribution in [-0.2, 0) is 6.18 Å². The molecule has 2 N–H and O–H groups in total. The van der Waals surface area contributed by atoms with Gasteiger partial charge in [-0.3, -0.25) is 5.43 Å². The van der Waals surface area contributed by atoms with Gasteiger partial charge >= 0.3 is 6.18 Å². The third-order valence-electron chi connectivity index (χ3n) is 2.04. The molecule has 0 fully saturated rings. The Morgan fingerprint density at radius 1 is 1.26 bits per heavy atom. The van der Waals surface area contributed by atoms with Crippen LogP contribution in [0.5, 0.6) is 0 Å². The van der Waals surface area contributed by atoms with Gasteiger partial charge in [0.15, 0.2) is 5.11 Å². The van der Waals surface area contributed by atoms with Crippen LogP contribution in [0.15, 0.2) is 29.4 Å². The zero-order chi connectivity index (χ0) is 14.5. The maximum atomic E-state index is 12.3. The van der Waals surface area contributed by atoms with Crippen LogP contribution in [0, 0.1) is 0 Å². The summed E-state index contributed by atoms with van der Waals surface area (Å²) >= 11 is 4.93. The van der Waals surface area contributed by atoms with Crippen LogP contribution in [0.2, 0.25) is 0 Å². The normalized spacial score (nSPS) is 11.9. The molecule has 1 aromatic carbocycles. The monoisotopic (exact) mass is 289 g/mol. The van der Waals surface area contributed by atoms with Crippen LogP contribution in [0.25, 0.3) is 0 Å². The molecule has 104 valence electrons. The summed E-state index contributed by atoms with van der Waals surface area (Å²) in [6.45, 7) is 3.85. The molecule has 0 aliphatic heterocycles. The van der Waals surface area contributed by atoms with Gasteiger partial charge in [-0.2, -0.15) is 18.3 Å². The minimum absolute atomic E-state index is 0.182. The van der Waals surface area contributed by atoms with Crippen molar-refractivity contribution in [3.05, 3.63) is 35.4 Å². The number of rotatable bonds is 3. The second-order valence-corrected chi connectivity index (χ2v) is 4.53. The fourth-order valence-electron chi connectivity index (χ4n) is 1.22. The third kappa shape index (κ3) is 5.69. The zero-order valence-corrected chi connectivity index (χ0v) is 11.3. The first-order chi connectivity index (χ1) is 8.79. The quantitative estimate of drug-likeness (QED) is 0.510. The summed E-state index contributed by atoms with van der Waals surface area (Å²) in [4.78, 5) is 0. The lowest BCUT2D eigenvalue weighted by Crippen LogP contribution is -2.36. The van der Waals surface area contributed by atoms with Gasteiger partial charge in [0.1, 0.15) is 0 Å². The molecule has 0 spiro atoms. The summed E-state index contributed by atoms with van der Waals surface area (Å²) < 4.78 is 37.0. The summed E-state index contributed by atoms with van der Waals surface area (Å²) in [5.74, 6) is 0. The van der Waals surface area contributed by atoms with E-state index in [9.17, 15) is 13.2 Å². The Hall–Kier alpha value is -1.63. The Morgan fingerprint density at radius 3 is 2.32 bits per heavy atom.